The van der Waals surface area contributed by atoms with E-state index in [1.54, 1.807) is 17.0 Å². The highest BCUT2D eigenvalue weighted by Crippen LogP contribution is 2.22. The number of benzene rings is 1. The lowest BCUT2D eigenvalue weighted by Crippen LogP contribution is -2.36. The van der Waals surface area contributed by atoms with Crippen molar-refractivity contribution in [3.05, 3.63) is 29.8 Å². The maximum absolute atomic E-state index is 11.8. The molecule has 0 saturated carbocycles. The second kappa shape index (κ2) is 4.35. The fraction of sp³-hybridized carbons (Fsp3) is 0.333. The first kappa shape index (κ1) is 10.7. The van der Waals surface area contributed by atoms with Crippen LogP contribution in [0, 0.1) is 0 Å². The quantitative estimate of drug-likeness (QED) is 0.810. The molecule has 1 aliphatic rings. The Bertz CT molecular complexity index is 429. The minimum Gasteiger partial charge on any atom is -0.343 e. The topological polar surface area (TPSA) is 49.4 Å². The van der Waals surface area contributed by atoms with Crippen LogP contribution >= 0.6 is 0 Å². The van der Waals surface area contributed by atoms with E-state index in [1.807, 2.05) is 19.1 Å². The molecular weight excluding hydrogens is 204 g/mol. The SMILES string of the molecule is CCCN1C(=O)CNC(=O)c2ccccc21. The van der Waals surface area contributed by atoms with E-state index in [0.717, 1.165) is 6.42 Å². The van der Waals surface area contributed by atoms with Gasteiger partial charge in [-0.25, -0.2) is 0 Å². The van der Waals surface area contributed by atoms with Crippen molar-refractivity contribution in [2.45, 2.75) is 13.3 Å². The van der Waals surface area contributed by atoms with Crippen molar-refractivity contribution in [1.29, 1.82) is 0 Å². The summed E-state index contributed by atoms with van der Waals surface area (Å²) in [6.45, 7) is 2.73. The lowest BCUT2D eigenvalue weighted by Gasteiger charge is -2.21. The van der Waals surface area contributed by atoms with Crippen LogP contribution in [0.25, 0.3) is 0 Å². The number of amides is 2. The minimum atomic E-state index is -0.178. The standard InChI is InChI=1S/C12H14N2O2/c1-2-7-14-10-6-4-3-5-9(10)12(16)13-8-11(14)15/h3-6H,2,7-8H2,1H3,(H,13,16). The average Bonchev–Trinajstić information content (AvgIpc) is 2.42. The van der Waals surface area contributed by atoms with Gasteiger partial charge < -0.3 is 10.2 Å². The van der Waals surface area contributed by atoms with Gasteiger partial charge in [0, 0.05) is 6.54 Å². The van der Waals surface area contributed by atoms with E-state index in [-0.39, 0.29) is 18.4 Å². The number of carbonyl (C=O) groups excluding carboxylic acids is 2. The number of para-hydroxylation sites is 1. The largest absolute Gasteiger partial charge is 0.343 e. The molecule has 0 fully saturated rings. The summed E-state index contributed by atoms with van der Waals surface area (Å²) in [5, 5.41) is 2.61. The summed E-state index contributed by atoms with van der Waals surface area (Å²) in [6.07, 6.45) is 0.869. The average molecular weight is 218 g/mol. The van der Waals surface area contributed by atoms with Gasteiger partial charge in [-0.2, -0.15) is 0 Å². The van der Waals surface area contributed by atoms with E-state index in [4.69, 9.17) is 0 Å². The van der Waals surface area contributed by atoms with Crippen LogP contribution in [-0.2, 0) is 4.79 Å². The van der Waals surface area contributed by atoms with Gasteiger partial charge in [-0.1, -0.05) is 19.1 Å². The predicted molar refractivity (Wildman–Crippen MR) is 61.4 cm³/mol. The van der Waals surface area contributed by atoms with Gasteiger partial charge in [-0.15, -0.1) is 0 Å². The van der Waals surface area contributed by atoms with Crippen LogP contribution < -0.4 is 10.2 Å². The van der Waals surface area contributed by atoms with Crippen molar-refractivity contribution >= 4 is 17.5 Å². The molecule has 4 nitrogen and oxygen atoms in total. The van der Waals surface area contributed by atoms with Crippen LogP contribution in [0.1, 0.15) is 23.7 Å². The van der Waals surface area contributed by atoms with Crippen LogP contribution in [0.2, 0.25) is 0 Å². The Morgan fingerprint density at radius 2 is 2.06 bits per heavy atom. The summed E-state index contributed by atoms with van der Waals surface area (Å²) < 4.78 is 0. The maximum Gasteiger partial charge on any atom is 0.253 e. The molecule has 0 spiro atoms. The first-order valence-corrected chi connectivity index (χ1v) is 5.41. The molecule has 0 unspecified atom stereocenters. The molecule has 0 aliphatic carbocycles. The van der Waals surface area contributed by atoms with Gasteiger partial charge in [0.1, 0.15) is 0 Å². The van der Waals surface area contributed by atoms with Crippen LogP contribution in [0.15, 0.2) is 24.3 Å². The van der Waals surface area contributed by atoms with Crippen LogP contribution in [0.4, 0.5) is 5.69 Å². The van der Waals surface area contributed by atoms with Crippen molar-refractivity contribution in [2.24, 2.45) is 0 Å². The molecule has 1 N–H and O–H groups in total. The van der Waals surface area contributed by atoms with Crippen molar-refractivity contribution in [1.82, 2.24) is 5.32 Å². The first-order chi connectivity index (χ1) is 7.74. The first-order valence-electron chi connectivity index (χ1n) is 5.41. The number of anilines is 1. The molecule has 16 heavy (non-hydrogen) atoms. The molecule has 0 atom stereocenters. The molecule has 1 aromatic carbocycles. The van der Waals surface area contributed by atoms with Gasteiger partial charge >= 0.3 is 0 Å². The zero-order valence-electron chi connectivity index (χ0n) is 9.19. The summed E-state index contributed by atoms with van der Waals surface area (Å²) in [5.41, 5.74) is 1.28. The Morgan fingerprint density at radius 3 is 2.81 bits per heavy atom. The minimum absolute atomic E-state index is 0.0554. The molecular formula is C12H14N2O2. The third-order valence-corrected chi connectivity index (χ3v) is 2.59. The highest BCUT2D eigenvalue weighted by atomic mass is 16.2. The van der Waals surface area contributed by atoms with Crippen molar-refractivity contribution in [2.75, 3.05) is 18.0 Å². The molecule has 2 amide bonds. The lowest BCUT2D eigenvalue weighted by atomic mass is 10.1. The monoisotopic (exact) mass is 218 g/mol. The van der Waals surface area contributed by atoms with E-state index < -0.39 is 0 Å². The lowest BCUT2D eigenvalue weighted by molar-refractivity contribution is -0.117. The van der Waals surface area contributed by atoms with Crippen LogP contribution in [0.3, 0.4) is 0 Å². The summed E-state index contributed by atoms with van der Waals surface area (Å²) in [4.78, 5) is 25.2. The fourth-order valence-corrected chi connectivity index (χ4v) is 1.85. The molecule has 0 saturated heterocycles. The molecule has 0 aromatic heterocycles. The zero-order valence-corrected chi connectivity index (χ0v) is 9.19. The molecule has 1 heterocycles. The van der Waals surface area contributed by atoms with Crippen molar-refractivity contribution in [3.63, 3.8) is 0 Å². The van der Waals surface area contributed by atoms with E-state index in [9.17, 15) is 9.59 Å². The smallest absolute Gasteiger partial charge is 0.253 e. The number of rotatable bonds is 2. The van der Waals surface area contributed by atoms with Gasteiger partial charge in [-0.3, -0.25) is 9.59 Å². The number of hydrogen-bond acceptors (Lipinski definition) is 2. The van der Waals surface area contributed by atoms with E-state index in [1.165, 1.54) is 0 Å². The summed E-state index contributed by atoms with van der Waals surface area (Å²) in [5.74, 6) is -0.234. The molecule has 4 heteroatoms. The van der Waals surface area contributed by atoms with Crippen molar-refractivity contribution < 1.29 is 9.59 Å². The van der Waals surface area contributed by atoms with E-state index >= 15 is 0 Å². The molecule has 0 bridgehead atoms. The highest BCUT2D eigenvalue weighted by molar-refractivity contribution is 6.09. The van der Waals surface area contributed by atoms with Crippen molar-refractivity contribution in [3.8, 4) is 0 Å². The number of hydrogen-bond donors (Lipinski definition) is 1. The number of fused-ring (bicyclic) bond motifs is 1. The van der Waals surface area contributed by atoms with Gasteiger partial charge in [0.2, 0.25) is 5.91 Å². The molecule has 1 aromatic rings. The zero-order chi connectivity index (χ0) is 11.5. The Kier molecular flexibility index (Phi) is 2.90. The Hall–Kier alpha value is -1.84. The number of carbonyl (C=O) groups is 2. The molecule has 84 valence electrons. The van der Waals surface area contributed by atoms with E-state index in [0.29, 0.717) is 17.8 Å². The Labute approximate surface area is 94.2 Å². The second-order valence-corrected chi connectivity index (χ2v) is 3.75. The normalized spacial score (nSPS) is 15.4. The third-order valence-electron chi connectivity index (χ3n) is 2.59. The number of nitrogens with zero attached hydrogens (tertiary/aromatic N) is 1. The Morgan fingerprint density at radius 1 is 1.31 bits per heavy atom. The van der Waals surface area contributed by atoms with Crippen LogP contribution in [0.5, 0.6) is 0 Å². The third kappa shape index (κ3) is 1.78. The van der Waals surface area contributed by atoms with E-state index in [2.05, 4.69) is 5.32 Å². The second-order valence-electron chi connectivity index (χ2n) is 3.75. The molecule has 1 aliphatic heterocycles. The predicted octanol–water partition coefficient (Wildman–Crippen LogP) is 1.17. The van der Waals surface area contributed by atoms with Gasteiger partial charge in [0.25, 0.3) is 5.91 Å². The summed E-state index contributed by atoms with van der Waals surface area (Å²) in [6, 6.07) is 7.20. The Balaban J connectivity index is 2.48. The van der Waals surface area contributed by atoms with Gasteiger partial charge in [0.15, 0.2) is 0 Å². The van der Waals surface area contributed by atoms with Gasteiger partial charge in [-0.05, 0) is 18.6 Å². The summed E-state index contributed by atoms with van der Waals surface area (Å²) >= 11 is 0. The maximum atomic E-state index is 11.8. The molecule has 2 rings (SSSR count). The van der Waals surface area contributed by atoms with Gasteiger partial charge in [0.05, 0.1) is 17.8 Å². The summed E-state index contributed by atoms with van der Waals surface area (Å²) in [7, 11) is 0. The molecule has 0 radical (unpaired) electrons. The highest BCUT2D eigenvalue weighted by Gasteiger charge is 2.24. The fourth-order valence-electron chi connectivity index (χ4n) is 1.85. The van der Waals surface area contributed by atoms with Crippen LogP contribution in [-0.4, -0.2) is 24.9 Å². The number of nitrogens with one attached hydrogen (secondary N) is 1.